The molecule has 9 rings (SSSR count). The fourth-order valence-corrected chi connectivity index (χ4v) is 4.96. The van der Waals surface area contributed by atoms with E-state index in [9.17, 15) is 9.60 Å². The predicted octanol–water partition coefficient (Wildman–Crippen LogP) is 10.7. The van der Waals surface area contributed by atoms with Crippen molar-refractivity contribution < 1.29 is 35.6 Å². The number of benzene rings is 7. The van der Waals surface area contributed by atoms with E-state index in [1.165, 1.54) is 0 Å². The Kier molecular flexibility index (Phi) is 1.96. The summed E-state index contributed by atoms with van der Waals surface area (Å²) < 4.78 is 232. The zero-order valence-corrected chi connectivity index (χ0v) is 20.9. The van der Waals surface area contributed by atoms with Gasteiger partial charge < -0.3 is 9.13 Å². The molecule has 9 aromatic rings. The van der Waals surface area contributed by atoms with Gasteiger partial charge in [-0.25, -0.2) is 0 Å². The van der Waals surface area contributed by atoms with Gasteiger partial charge in [0.25, 0.3) is 0 Å². The van der Waals surface area contributed by atoms with Gasteiger partial charge in [-0.05, 0) is 82.3 Å². The maximum atomic E-state index is 9.73. The molecule has 0 N–H and O–H groups in total. The number of aromatic nitrogens is 2. The highest BCUT2D eigenvalue weighted by Crippen LogP contribution is 2.38. The van der Waals surface area contributed by atoms with Crippen LogP contribution in [0.25, 0.3) is 76.9 Å². The van der Waals surface area contributed by atoms with Crippen molar-refractivity contribution in [2.24, 2.45) is 0 Å². The summed E-state index contributed by atoms with van der Waals surface area (Å²) in [6.07, 6.45) is 0. The largest absolute Gasteiger partial charge is 0.309 e. The molecule has 0 aliphatic heterocycles. The minimum absolute atomic E-state index is 0.528. The molecule has 42 heavy (non-hydrogen) atoms. The Bertz CT molecular complexity index is 3890. The summed E-state index contributed by atoms with van der Waals surface area (Å²) in [5, 5.41) is -3.33. The maximum absolute atomic E-state index is 9.73. The summed E-state index contributed by atoms with van der Waals surface area (Å²) in [5.41, 5.74) is -5.40. The van der Waals surface area contributed by atoms with Crippen LogP contribution in [0.2, 0.25) is 0 Å². The van der Waals surface area contributed by atoms with Crippen molar-refractivity contribution in [3.8, 4) is 22.5 Å². The Labute approximate surface area is 279 Å². The Morgan fingerprint density at radius 3 is 1.48 bits per heavy atom. The minimum Gasteiger partial charge on any atom is -0.309 e. The third-order valence-electron chi connectivity index (χ3n) is 6.74. The fourth-order valence-electron chi connectivity index (χ4n) is 4.96. The second-order valence-electron chi connectivity index (χ2n) is 9.01. The summed E-state index contributed by atoms with van der Waals surface area (Å²) in [5.74, 6) is 0. The van der Waals surface area contributed by atoms with Gasteiger partial charge in [-0.3, -0.25) is 0 Å². The molecular formula is C40H26N2. The lowest BCUT2D eigenvalue weighted by atomic mass is 10.0. The van der Waals surface area contributed by atoms with Crippen molar-refractivity contribution in [3.63, 3.8) is 0 Å². The van der Waals surface area contributed by atoms with Crippen LogP contribution in [-0.2, 0) is 0 Å². The second kappa shape index (κ2) is 8.95. The van der Waals surface area contributed by atoms with Crippen molar-refractivity contribution in [3.05, 3.63) is 157 Å². The zero-order chi connectivity index (χ0) is 50.2. The molecule has 0 saturated heterocycles. The van der Waals surface area contributed by atoms with Gasteiger partial charge in [0.1, 0.15) is 0 Å². The second-order valence-corrected chi connectivity index (χ2v) is 9.01. The van der Waals surface area contributed by atoms with Crippen molar-refractivity contribution >= 4 is 54.4 Å². The van der Waals surface area contributed by atoms with Gasteiger partial charge in [0, 0.05) is 32.9 Å². The van der Waals surface area contributed by atoms with Gasteiger partial charge in [0.15, 0.2) is 0 Å². The van der Waals surface area contributed by atoms with Crippen LogP contribution in [0.15, 0.2) is 157 Å². The SMILES string of the molecule is [2H]c1c([2H])c([2H])c(-n2c3c([2H])c([2H])c([2H])c([2H])c3c3c([2H])c(-c4c([2H])c([2H])c5c(c4[2H])c4c([2H])c([2H])c([2H])c([2H])c4n5-c4c([2H])c([2H])c5c([2H])c([2H])c([2H])c([2H])c5c4[2H])c([2H])c([2H])c32)c([2H])c1[2H]. The normalized spacial score (nSPS) is 20.5. The van der Waals surface area contributed by atoms with Crippen molar-refractivity contribution in [1.82, 2.24) is 9.13 Å². The lowest BCUT2D eigenvalue weighted by Gasteiger charge is -2.10. The number of fused-ring (bicyclic) bond motifs is 7. The van der Waals surface area contributed by atoms with Gasteiger partial charge in [-0.1, -0.05) is 96.7 Å². The Morgan fingerprint density at radius 2 is 0.833 bits per heavy atom. The van der Waals surface area contributed by atoms with E-state index in [4.69, 9.17) is 26.0 Å². The van der Waals surface area contributed by atoms with Crippen LogP contribution in [0, 0.1) is 0 Å². The van der Waals surface area contributed by atoms with E-state index < -0.39 is 234 Å². The van der Waals surface area contributed by atoms with E-state index in [1.54, 1.807) is 0 Å². The molecule has 2 aromatic heterocycles. The fraction of sp³-hybridized carbons (Fsp3) is 0. The van der Waals surface area contributed by atoms with Gasteiger partial charge in [0.05, 0.1) is 57.7 Å². The Hall–Kier alpha value is -5.60. The quantitative estimate of drug-likeness (QED) is 0.203. The van der Waals surface area contributed by atoms with Crippen molar-refractivity contribution in [2.45, 2.75) is 0 Å². The van der Waals surface area contributed by atoms with Crippen molar-refractivity contribution in [2.75, 3.05) is 0 Å². The molecule has 0 aliphatic rings. The molecule has 7 aromatic carbocycles. The molecule has 196 valence electrons. The van der Waals surface area contributed by atoms with Crippen LogP contribution < -0.4 is 0 Å². The molecular weight excluding hydrogens is 508 g/mol. The van der Waals surface area contributed by atoms with Crippen LogP contribution in [-0.4, -0.2) is 9.13 Å². The van der Waals surface area contributed by atoms with Gasteiger partial charge in [0.2, 0.25) is 0 Å². The van der Waals surface area contributed by atoms with Crippen LogP contribution >= 0.6 is 0 Å². The Balaban J connectivity index is 1.53. The standard InChI is InChI=1S/C40H26N2/c1-2-12-31(13-3-1)41-37-16-8-6-14-33(37)35-25-29(19-22-39(35)41)30-20-23-40-36(26-30)34-15-7-9-17-38(34)42(40)32-21-18-27-10-4-5-11-28(27)24-32/h1-26H/i1D,2D,3D,4D,5D,6D,7D,8D,9D,10D,11D,12D,13D,14D,15D,16D,17D,18D,19D,20D,21D,22D,23D,24D,25D,26D. The van der Waals surface area contributed by atoms with Crippen LogP contribution in [0.5, 0.6) is 0 Å². The molecule has 0 fully saturated rings. The molecule has 0 saturated carbocycles. The monoisotopic (exact) mass is 560 g/mol. The third kappa shape index (κ3) is 3.39. The lowest BCUT2D eigenvalue weighted by molar-refractivity contribution is 1.18. The first-order chi connectivity index (χ1) is 31.7. The van der Waals surface area contributed by atoms with Crippen LogP contribution in [0.3, 0.4) is 0 Å². The van der Waals surface area contributed by atoms with E-state index in [2.05, 4.69) is 0 Å². The average molecular weight is 561 g/mol. The van der Waals surface area contributed by atoms with Crippen molar-refractivity contribution in [1.29, 1.82) is 0 Å². The minimum atomic E-state index is -1.01. The Morgan fingerprint density at radius 1 is 0.333 bits per heavy atom. The number of rotatable bonds is 3. The van der Waals surface area contributed by atoms with E-state index in [1.807, 2.05) is 0 Å². The number of hydrogen-bond donors (Lipinski definition) is 0. The molecule has 2 heterocycles. The molecule has 2 heteroatoms. The van der Waals surface area contributed by atoms with Gasteiger partial charge in [-0.2, -0.15) is 0 Å². The summed E-state index contributed by atoms with van der Waals surface area (Å²) in [7, 11) is 0. The molecule has 0 spiro atoms. The third-order valence-corrected chi connectivity index (χ3v) is 6.74. The molecule has 2 nitrogen and oxygen atoms in total. The summed E-state index contributed by atoms with van der Waals surface area (Å²) >= 11 is 0. The van der Waals surface area contributed by atoms with E-state index in [0.717, 1.165) is 9.13 Å². The van der Waals surface area contributed by atoms with Gasteiger partial charge in [-0.15, -0.1) is 0 Å². The lowest BCUT2D eigenvalue weighted by Crippen LogP contribution is -1.93. The number of nitrogens with zero attached hydrogens (tertiary/aromatic N) is 2. The highest BCUT2D eigenvalue weighted by molar-refractivity contribution is 6.12. The molecule has 0 aliphatic carbocycles. The summed E-state index contributed by atoms with van der Waals surface area (Å²) in [4.78, 5) is 0. The first-order valence-electron chi connectivity index (χ1n) is 25.3. The molecule has 0 amide bonds. The van der Waals surface area contributed by atoms with Gasteiger partial charge >= 0.3 is 0 Å². The summed E-state index contributed by atoms with van der Waals surface area (Å²) in [6.45, 7) is 0. The topological polar surface area (TPSA) is 9.86 Å². The molecule has 0 unspecified atom stereocenters. The van der Waals surface area contributed by atoms with Crippen LogP contribution in [0.4, 0.5) is 0 Å². The molecule has 0 radical (unpaired) electrons. The molecule has 0 bridgehead atoms. The van der Waals surface area contributed by atoms with E-state index in [0.29, 0.717) is 0 Å². The highest BCUT2D eigenvalue weighted by Gasteiger charge is 2.16. The summed E-state index contributed by atoms with van der Waals surface area (Å²) in [6, 6.07) is -22.7. The number of hydrogen-bond acceptors (Lipinski definition) is 0. The van der Waals surface area contributed by atoms with Crippen LogP contribution in [0.1, 0.15) is 35.6 Å². The zero-order valence-electron chi connectivity index (χ0n) is 46.9. The maximum Gasteiger partial charge on any atom is 0.0651 e. The average Bonchev–Trinajstić information content (AvgIpc) is 3.84. The predicted molar refractivity (Wildman–Crippen MR) is 178 cm³/mol. The number of para-hydroxylation sites is 3. The smallest absolute Gasteiger partial charge is 0.0651 e. The first kappa shape index (κ1) is 9.20. The first-order valence-corrected chi connectivity index (χ1v) is 12.3. The van der Waals surface area contributed by atoms with E-state index in [-0.39, 0.29) is 0 Å². The van der Waals surface area contributed by atoms with E-state index >= 15 is 0 Å². The molecule has 0 atom stereocenters. The highest BCUT2D eigenvalue weighted by atomic mass is 15.0.